The Morgan fingerprint density at radius 2 is 1.95 bits per heavy atom. The van der Waals surface area contributed by atoms with E-state index < -0.39 is 11.0 Å². The molecule has 0 saturated carbocycles. The van der Waals surface area contributed by atoms with E-state index >= 15 is 0 Å². The SMILES string of the molecule is CN1CC2=C(C1=O)[C@H](c1ccc([N+](=O)[O-])cc1)NC(=O)N2. The summed E-state index contributed by atoms with van der Waals surface area (Å²) < 4.78 is 0. The van der Waals surface area contributed by atoms with Crippen molar-refractivity contribution < 1.29 is 14.5 Å². The predicted molar refractivity (Wildman–Crippen MR) is 72.2 cm³/mol. The molecule has 0 fully saturated rings. The topological polar surface area (TPSA) is 105 Å². The molecule has 0 radical (unpaired) electrons. The van der Waals surface area contributed by atoms with Gasteiger partial charge in [-0.1, -0.05) is 0 Å². The van der Waals surface area contributed by atoms with Crippen molar-refractivity contribution in [2.75, 3.05) is 13.6 Å². The third kappa shape index (κ3) is 2.10. The number of hydrogen-bond donors (Lipinski definition) is 2. The highest BCUT2D eigenvalue weighted by atomic mass is 16.6. The fraction of sp³-hybridized carbons (Fsp3) is 0.231. The van der Waals surface area contributed by atoms with Crippen LogP contribution in [-0.4, -0.2) is 35.4 Å². The second-order valence-electron chi connectivity index (χ2n) is 4.93. The number of rotatable bonds is 2. The highest BCUT2D eigenvalue weighted by Gasteiger charge is 2.38. The Morgan fingerprint density at radius 3 is 2.57 bits per heavy atom. The largest absolute Gasteiger partial charge is 0.336 e. The number of non-ortho nitro benzene ring substituents is 1. The smallest absolute Gasteiger partial charge is 0.319 e. The molecule has 1 aromatic rings. The molecule has 0 unspecified atom stereocenters. The van der Waals surface area contributed by atoms with Gasteiger partial charge in [-0.25, -0.2) is 4.79 Å². The number of urea groups is 1. The molecule has 0 aliphatic carbocycles. The number of nitro benzene ring substituents is 1. The van der Waals surface area contributed by atoms with E-state index in [-0.39, 0.29) is 17.6 Å². The summed E-state index contributed by atoms with van der Waals surface area (Å²) in [6.07, 6.45) is 0. The van der Waals surface area contributed by atoms with E-state index in [4.69, 9.17) is 0 Å². The Morgan fingerprint density at radius 1 is 1.29 bits per heavy atom. The summed E-state index contributed by atoms with van der Waals surface area (Å²) >= 11 is 0. The van der Waals surface area contributed by atoms with E-state index in [0.29, 0.717) is 23.4 Å². The number of likely N-dealkylation sites (N-methyl/N-ethyl adjacent to an activating group) is 1. The summed E-state index contributed by atoms with van der Waals surface area (Å²) in [6.45, 7) is 0.352. The Labute approximate surface area is 119 Å². The number of amides is 3. The normalized spacial score (nSPS) is 21.0. The molecule has 1 atom stereocenters. The van der Waals surface area contributed by atoms with Gasteiger partial charge in [-0.05, 0) is 17.7 Å². The average molecular weight is 288 g/mol. The van der Waals surface area contributed by atoms with E-state index in [1.54, 1.807) is 19.2 Å². The van der Waals surface area contributed by atoms with Gasteiger partial charge in [-0.3, -0.25) is 14.9 Å². The number of nitrogens with one attached hydrogen (secondary N) is 2. The van der Waals surface area contributed by atoms with Crippen molar-refractivity contribution in [2.45, 2.75) is 6.04 Å². The van der Waals surface area contributed by atoms with Gasteiger partial charge in [0.15, 0.2) is 0 Å². The second-order valence-corrected chi connectivity index (χ2v) is 4.93. The van der Waals surface area contributed by atoms with Crippen molar-refractivity contribution in [2.24, 2.45) is 0 Å². The van der Waals surface area contributed by atoms with Crippen molar-refractivity contribution in [3.8, 4) is 0 Å². The lowest BCUT2D eigenvalue weighted by molar-refractivity contribution is -0.384. The van der Waals surface area contributed by atoms with Crippen LogP contribution in [0.3, 0.4) is 0 Å². The van der Waals surface area contributed by atoms with Gasteiger partial charge in [0.05, 0.1) is 28.8 Å². The summed E-state index contributed by atoms with van der Waals surface area (Å²) in [6, 6.07) is 4.82. The maximum atomic E-state index is 12.2. The molecule has 0 spiro atoms. The fourth-order valence-electron chi connectivity index (χ4n) is 2.55. The second kappa shape index (κ2) is 4.58. The lowest BCUT2D eigenvalue weighted by atomic mass is 9.96. The summed E-state index contributed by atoms with van der Waals surface area (Å²) in [5.41, 5.74) is 1.65. The van der Waals surface area contributed by atoms with Crippen molar-refractivity contribution in [3.63, 3.8) is 0 Å². The zero-order chi connectivity index (χ0) is 15.1. The molecule has 0 aromatic heterocycles. The van der Waals surface area contributed by atoms with Gasteiger partial charge in [0.25, 0.3) is 11.6 Å². The minimum Gasteiger partial charge on any atom is -0.336 e. The van der Waals surface area contributed by atoms with Crippen molar-refractivity contribution in [1.82, 2.24) is 15.5 Å². The summed E-state index contributed by atoms with van der Waals surface area (Å²) in [7, 11) is 1.65. The van der Waals surface area contributed by atoms with Crippen molar-refractivity contribution in [3.05, 3.63) is 51.2 Å². The highest BCUT2D eigenvalue weighted by molar-refractivity contribution is 6.01. The standard InChI is InChI=1S/C13H12N4O4/c1-16-6-9-10(12(16)18)11(15-13(19)14-9)7-2-4-8(5-3-7)17(20)21/h2-5,11H,6H2,1H3,(H2,14,15,19)/t11-/m0/s1. The molecule has 3 amide bonds. The van der Waals surface area contributed by atoms with E-state index in [1.165, 1.54) is 17.0 Å². The van der Waals surface area contributed by atoms with Crippen LogP contribution >= 0.6 is 0 Å². The van der Waals surface area contributed by atoms with Gasteiger partial charge >= 0.3 is 6.03 Å². The Balaban J connectivity index is 2.00. The van der Waals surface area contributed by atoms with Crippen LogP contribution in [0.4, 0.5) is 10.5 Å². The summed E-state index contributed by atoms with van der Waals surface area (Å²) in [4.78, 5) is 35.5. The Kier molecular flexibility index (Phi) is 2.86. The van der Waals surface area contributed by atoms with Crippen LogP contribution in [0.5, 0.6) is 0 Å². The molecule has 108 valence electrons. The van der Waals surface area contributed by atoms with Crippen LogP contribution in [0.25, 0.3) is 0 Å². The van der Waals surface area contributed by atoms with E-state index in [9.17, 15) is 19.7 Å². The van der Waals surface area contributed by atoms with Crippen LogP contribution in [0.1, 0.15) is 11.6 Å². The van der Waals surface area contributed by atoms with Crippen LogP contribution in [0.15, 0.2) is 35.5 Å². The predicted octanol–water partition coefficient (Wildman–Crippen LogP) is 0.675. The molecule has 1 aromatic carbocycles. The third-order valence-electron chi connectivity index (χ3n) is 3.56. The molecule has 0 bridgehead atoms. The molecule has 2 aliphatic heterocycles. The molecule has 2 aliphatic rings. The maximum absolute atomic E-state index is 12.2. The Hall–Kier alpha value is -2.90. The van der Waals surface area contributed by atoms with E-state index in [2.05, 4.69) is 10.6 Å². The number of nitro groups is 1. The van der Waals surface area contributed by atoms with Crippen LogP contribution in [-0.2, 0) is 4.79 Å². The molecule has 8 nitrogen and oxygen atoms in total. The zero-order valence-electron chi connectivity index (χ0n) is 11.1. The average Bonchev–Trinajstić information content (AvgIpc) is 2.73. The summed E-state index contributed by atoms with van der Waals surface area (Å²) in [5, 5.41) is 16.0. The van der Waals surface area contributed by atoms with Crippen molar-refractivity contribution >= 4 is 17.6 Å². The lowest BCUT2D eigenvalue weighted by Crippen LogP contribution is -2.44. The minimum atomic E-state index is -0.591. The molecule has 2 heterocycles. The molecule has 3 rings (SSSR count). The molecule has 2 N–H and O–H groups in total. The van der Waals surface area contributed by atoms with Crippen molar-refractivity contribution in [1.29, 1.82) is 0 Å². The highest BCUT2D eigenvalue weighted by Crippen LogP contribution is 2.32. The minimum absolute atomic E-state index is 0.0388. The Bertz CT molecular complexity index is 680. The maximum Gasteiger partial charge on any atom is 0.319 e. The first-order valence-electron chi connectivity index (χ1n) is 6.27. The summed E-state index contributed by atoms with van der Waals surface area (Å²) in [5.74, 6) is -0.166. The monoisotopic (exact) mass is 288 g/mol. The van der Waals surface area contributed by atoms with Gasteiger partial charge < -0.3 is 15.5 Å². The molecule has 0 saturated heterocycles. The molecular weight excluding hydrogens is 276 g/mol. The third-order valence-corrected chi connectivity index (χ3v) is 3.56. The van der Waals surface area contributed by atoms with Crippen LogP contribution < -0.4 is 10.6 Å². The lowest BCUT2D eigenvalue weighted by Gasteiger charge is -2.25. The first-order chi connectivity index (χ1) is 9.97. The number of carbonyl (C=O) groups is 2. The number of carbonyl (C=O) groups excluding carboxylic acids is 2. The fourth-order valence-corrected chi connectivity index (χ4v) is 2.55. The molecule has 8 heteroatoms. The van der Waals surface area contributed by atoms with Crippen LogP contribution in [0, 0.1) is 10.1 Å². The number of nitrogens with zero attached hydrogens (tertiary/aromatic N) is 2. The number of benzene rings is 1. The van der Waals surface area contributed by atoms with Crippen LogP contribution in [0.2, 0.25) is 0 Å². The van der Waals surface area contributed by atoms with Gasteiger partial charge in [0.2, 0.25) is 0 Å². The van der Waals surface area contributed by atoms with E-state index in [0.717, 1.165) is 0 Å². The first kappa shape index (κ1) is 13.1. The first-order valence-corrected chi connectivity index (χ1v) is 6.27. The van der Waals surface area contributed by atoms with Gasteiger partial charge in [-0.15, -0.1) is 0 Å². The van der Waals surface area contributed by atoms with Gasteiger partial charge in [0.1, 0.15) is 0 Å². The van der Waals surface area contributed by atoms with E-state index in [1.807, 2.05) is 0 Å². The van der Waals surface area contributed by atoms with Gasteiger partial charge in [-0.2, -0.15) is 0 Å². The molecule has 21 heavy (non-hydrogen) atoms. The number of hydrogen-bond acceptors (Lipinski definition) is 4. The zero-order valence-corrected chi connectivity index (χ0v) is 11.1. The van der Waals surface area contributed by atoms with Gasteiger partial charge in [0, 0.05) is 19.2 Å². The quantitative estimate of drug-likeness (QED) is 0.616. The molecular formula is C13H12N4O4.